The molecule has 0 bridgehead atoms. The Hall–Kier alpha value is -2.39. The third-order valence-electron chi connectivity index (χ3n) is 3.01. The molecule has 20 heavy (non-hydrogen) atoms. The SMILES string of the molecule is O=C(Nc1ccnc2c(Cl)cccc12)c1ccccc1. The van der Waals surface area contributed by atoms with Gasteiger partial charge in [0.1, 0.15) is 0 Å². The second-order valence-electron chi connectivity index (χ2n) is 4.31. The minimum absolute atomic E-state index is 0.155. The third-order valence-corrected chi connectivity index (χ3v) is 3.31. The molecule has 0 atom stereocenters. The van der Waals surface area contributed by atoms with Gasteiger partial charge in [-0.15, -0.1) is 0 Å². The Balaban J connectivity index is 2.00. The molecule has 0 aliphatic heterocycles. The molecule has 0 unspecified atom stereocenters. The summed E-state index contributed by atoms with van der Waals surface area (Å²) in [5.74, 6) is -0.155. The lowest BCUT2D eigenvalue weighted by molar-refractivity contribution is 0.102. The summed E-state index contributed by atoms with van der Waals surface area (Å²) >= 11 is 6.11. The third kappa shape index (κ3) is 2.36. The number of amides is 1. The van der Waals surface area contributed by atoms with E-state index in [2.05, 4.69) is 10.3 Å². The molecule has 1 N–H and O–H groups in total. The predicted molar refractivity (Wildman–Crippen MR) is 81.1 cm³/mol. The molecule has 0 saturated carbocycles. The quantitative estimate of drug-likeness (QED) is 0.767. The number of rotatable bonds is 2. The van der Waals surface area contributed by atoms with Gasteiger partial charge in [0.2, 0.25) is 0 Å². The predicted octanol–water partition coefficient (Wildman–Crippen LogP) is 4.14. The molecule has 1 amide bonds. The zero-order chi connectivity index (χ0) is 13.9. The summed E-state index contributed by atoms with van der Waals surface area (Å²) in [4.78, 5) is 16.4. The van der Waals surface area contributed by atoms with E-state index in [1.54, 1.807) is 30.5 Å². The largest absolute Gasteiger partial charge is 0.321 e. The van der Waals surface area contributed by atoms with Gasteiger partial charge in [-0.3, -0.25) is 9.78 Å². The highest BCUT2D eigenvalue weighted by molar-refractivity contribution is 6.35. The van der Waals surface area contributed by atoms with Crippen molar-refractivity contribution in [2.24, 2.45) is 0 Å². The van der Waals surface area contributed by atoms with Gasteiger partial charge in [-0.05, 0) is 24.3 Å². The number of nitrogens with one attached hydrogen (secondary N) is 1. The van der Waals surface area contributed by atoms with Crippen LogP contribution in [0.5, 0.6) is 0 Å². The summed E-state index contributed by atoms with van der Waals surface area (Å²) in [6, 6.07) is 16.3. The van der Waals surface area contributed by atoms with Gasteiger partial charge in [0.15, 0.2) is 0 Å². The number of hydrogen-bond acceptors (Lipinski definition) is 2. The Kier molecular flexibility index (Phi) is 3.35. The van der Waals surface area contributed by atoms with Crippen molar-refractivity contribution in [1.82, 2.24) is 4.98 Å². The number of carbonyl (C=O) groups excluding carboxylic acids is 1. The van der Waals surface area contributed by atoms with Crippen LogP contribution in [-0.2, 0) is 0 Å². The zero-order valence-electron chi connectivity index (χ0n) is 10.5. The van der Waals surface area contributed by atoms with Crippen LogP contribution in [0.25, 0.3) is 10.9 Å². The minimum atomic E-state index is -0.155. The smallest absolute Gasteiger partial charge is 0.255 e. The number of fused-ring (bicyclic) bond motifs is 1. The van der Waals surface area contributed by atoms with Crippen LogP contribution in [0.4, 0.5) is 5.69 Å². The first kappa shape index (κ1) is 12.6. The van der Waals surface area contributed by atoms with Gasteiger partial charge in [0.25, 0.3) is 5.91 Å². The van der Waals surface area contributed by atoms with Crippen LogP contribution in [0.2, 0.25) is 5.02 Å². The number of aromatic nitrogens is 1. The number of benzene rings is 2. The molecule has 0 aliphatic carbocycles. The molecule has 3 aromatic rings. The van der Waals surface area contributed by atoms with E-state index in [1.807, 2.05) is 30.3 Å². The van der Waals surface area contributed by atoms with E-state index in [0.29, 0.717) is 21.8 Å². The van der Waals surface area contributed by atoms with Crippen LogP contribution in [0.15, 0.2) is 60.8 Å². The van der Waals surface area contributed by atoms with Crippen LogP contribution in [0, 0.1) is 0 Å². The fourth-order valence-electron chi connectivity index (χ4n) is 2.03. The molecular formula is C16H11ClN2O. The molecule has 1 aromatic heterocycles. The van der Waals surface area contributed by atoms with Crippen molar-refractivity contribution in [3.05, 3.63) is 71.4 Å². The van der Waals surface area contributed by atoms with Crippen LogP contribution in [0.3, 0.4) is 0 Å². The van der Waals surface area contributed by atoms with Crippen molar-refractivity contribution in [3.8, 4) is 0 Å². The molecular weight excluding hydrogens is 272 g/mol. The Morgan fingerprint density at radius 3 is 2.60 bits per heavy atom. The van der Waals surface area contributed by atoms with Crippen molar-refractivity contribution in [2.75, 3.05) is 5.32 Å². The first-order valence-electron chi connectivity index (χ1n) is 6.15. The lowest BCUT2D eigenvalue weighted by atomic mass is 10.1. The first-order chi connectivity index (χ1) is 9.75. The number of hydrogen-bond donors (Lipinski definition) is 1. The number of anilines is 1. The standard InChI is InChI=1S/C16H11ClN2O/c17-13-8-4-7-12-14(9-10-18-15(12)13)19-16(20)11-5-2-1-3-6-11/h1-10H,(H,18,19,20). The molecule has 0 radical (unpaired) electrons. The van der Waals surface area contributed by atoms with Crippen LogP contribution < -0.4 is 5.32 Å². The topological polar surface area (TPSA) is 42.0 Å². The normalized spacial score (nSPS) is 10.4. The van der Waals surface area contributed by atoms with Crippen molar-refractivity contribution < 1.29 is 4.79 Å². The Morgan fingerprint density at radius 1 is 1.00 bits per heavy atom. The van der Waals surface area contributed by atoms with Gasteiger partial charge in [0.05, 0.1) is 16.2 Å². The maximum Gasteiger partial charge on any atom is 0.255 e. The fourth-order valence-corrected chi connectivity index (χ4v) is 2.26. The lowest BCUT2D eigenvalue weighted by Crippen LogP contribution is -2.12. The van der Waals surface area contributed by atoms with Crippen LogP contribution in [-0.4, -0.2) is 10.9 Å². The molecule has 2 aromatic carbocycles. The molecule has 0 fully saturated rings. The van der Waals surface area contributed by atoms with E-state index in [9.17, 15) is 4.79 Å². The van der Waals surface area contributed by atoms with E-state index in [0.717, 1.165) is 5.39 Å². The second kappa shape index (κ2) is 5.31. The Morgan fingerprint density at radius 2 is 1.80 bits per heavy atom. The fraction of sp³-hybridized carbons (Fsp3) is 0. The van der Waals surface area contributed by atoms with Gasteiger partial charge >= 0.3 is 0 Å². The summed E-state index contributed by atoms with van der Waals surface area (Å²) in [6.45, 7) is 0. The number of nitrogens with zero attached hydrogens (tertiary/aromatic N) is 1. The molecule has 0 saturated heterocycles. The molecule has 4 heteroatoms. The summed E-state index contributed by atoms with van der Waals surface area (Å²) < 4.78 is 0. The van der Waals surface area contributed by atoms with Crippen molar-refractivity contribution in [2.45, 2.75) is 0 Å². The number of para-hydroxylation sites is 1. The summed E-state index contributed by atoms with van der Waals surface area (Å²) in [7, 11) is 0. The van der Waals surface area contributed by atoms with E-state index in [-0.39, 0.29) is 5.91 Å². The zero-order valence-corrected chi connectivity index (χ0v) is 11.3. The summed E-state index contributed by atoms with van der Waals surface area (Å²) in [5, 5.41) is 4.28. The van der Waals surface area contributed by atoms with Gasteiger partial charge in [0, 0.05) is 17.1 Å². The highest BCUT2D eigenvalue weighted by atomic mass is 35.5. The second-order valence-corrected chi connectivity index (χ2v) is 4.72. The average molecular weight is 283 g/mol. The maximum absolute atomic E-state index is 12.2. The summed E-state index contributed by atoms with van der Waals surface area (Å²) in [5.41, 5.74) is 1.99. The molecule has 0 spiro atoms. The minimum Gasteiger partial charge on any atom is -0.321 e. The number of halogens is 1. The average Bonchev–Trinajstić information content (AvgIpc) is 2.49. The monoisotopic (exact) mass is 282 g/mol. The highest BCUT2D eigenvalue weighted by Crippen LogP contribution is 2.27. The van der Waals surface area contributed by atoms with Gasteiger partial charge in [-0.1, -0.05) is 41.9 Å². The van der Waals surface area contributed by atoms with E-state index in [1.165, 1.54) is 0 Å². The molecule has 3 nitrogen and oxygen atoms in total. The summed E-state index contributed by atoms with van der Waals surface area (Å²) in [6.07, 6.45) is 1.63. The van der Waals surface area contributed by atoms with Gasteiger partial charge < -0.3 is 5.32 Å². The Bertz CT molecular complexity index is 772. The number of pyridine rings is 1. The van der Waals surface area contributed by atoms with Crippen LogP contribution >= 0.6 is 11.6 Å². The van der Waals surface area contributed by atoms with Gasteiger partial charge in [-0.2, -0.15) is 0 Å². The van der Waals surface area contributed by atoms with Crippen LogP contribution in [0.1, 0.15) is 10.4 Å². The van der Waals surface area contributed by atoms with Gasteiger partial charge in [-0.25, -0.2) is 0 Å². The van der Waals surface area contributed by atoms with Crippen molar-refractivity contribution in [3.63, 3.8) is 0 Å². The number of carbonyl (C=O) groups is 1. The van der Waals surface area contributed by atoms with Crippen molar-refractivity contribution >= 4 is 34.1 Å². The first-order valence-corrected chi connectivity index (χ1v) is 6.53. The Labute approximate surface area is 121 Å². The lowest BCUT2D eigenvalue weighted by Gasteiger charge is -2.09. The molecule has 98 valence electrons. The van der Waals surface area contributed by atoms with E-state index in [4.69, 9.17) is 11.6 Å². The molecule has 0 aliphatic rings. The van der Waals surface area contributed by atoms with Crippen molar-refractivity contribution in [1.29, 1.82) is 0 Å². The highest BCUT2D eigenvalue weighted by Gasteiger charge is 2.09. The molecule has 1 heterocycles. The van der Waals surface area contributed by atoms with E-state index < -0.39 is 0 Å². The van der Waals surface area contributed by atoms with E-state index >= 15 is 0 Å². The maximum atomic E-state index is 12.2. The molecule has 3 rings (SSSR count).